The van der Waals surface area contributed by atoms with Crippen molar-refractivity contribution in [2.75, 3.05) is 36.8 Å². The van der Waals surface area contributed by atoms with Gasteiger partial charge in [0, 0.05) is 23.2 Å². The van der Waals surface area contributed by atoms with Gasteiger partial charge in [0.2, 0.25) is 12.4 Å². The van der Waals surface area contributed by atoms with Gasteiger partial charge in [0.15, 0.2) is 0 Å². The Hall–Kier alpha value is -3.91. The summed E-state index contributed by atoms with van der Waals surface area (Å²) in [5.41, 5.74) is 3.34. The van der Waals surface area contributed by atoms with Crippen molar-refractivity contribution in [2.45, 2.75) is 27.2 Å². The van der Waals surface area contributed by atoms with E-state index >= 15 is 0 Å². The number of hydrogen-bond acceptors (Lipinski definition) is 5. The summed E-state index contributed by atoms with van der Waals surface area (Å²) in [7, 11) is 0. The molecule has 0 aliphatic rings. The third-order valence-corrected chi connectivity index (χ3v) is 6.14. The first-order chi connectivity index (χ1) is 17.9. The molecule has 0 aliphatic carbocycles. The fourth-order valence-electron chi connectivity index (χ4n) is 3.98. The highest BCUT2D eigenvalue weighted by atomic mass is 19.1. The molecule has 0 atom stereocenters. The average molecular weight is 506 g/mol. The van der Waals surface area contributed by atoms with Gasteiger partial charge in [0.1, 0.15) is 17.5 Å². The number of benzene rings is 2. The van der Waals surface area contributed by atoms with Crippen LogP contribution in [-0.2, 0) is 4.79 Å². The number of aromatic nitrogens is 2. The number of hydrogen-bond donors (Lipinski definition) is 2. The second kappa shape index (κ2) is 13.4. The summed E-state index contributed by atoms with van der Waals surface area (Å²) < 4.78 is 28.6. The minimum Gasteiger partial charge on any atom is -0.354 e. The number of carbonyl (C=O) groups excluding carboxylic acids is 1. The molecule has 0 spiro atoms. The number of nitrogens with one attached hydrogen (secondary N) is 2. The van der Waals surface area contributed by atoms with Gasteiger partial charge in [0.25, 0.3) is 0 Å². The first kappa shape index (κ1) is 27.7. The summed E-state index contributed by atoms with van der Waals surface area (Å²) in [6.07, 6.45) is 5.98. The second-order valence-electron chi connectivity index (χ2n) is 8.47. The van der Waals surface area contributed by atoms with Gasteiger partial charge in [-0.15, -0.1) is 0 Å². The number of amides is 1. The van der Waals surface area contributed by atoms with Crippen LogP contribution in [0.25, 0.3) is 29.5 Å². The van der Waals surface area contributed by atoms with Crippen molar-refractivity contribution in [3.8, 4) is 11.3 Å². The predicted octanol–water partition coefficient (Wildman–Crippen LogP) is 6.26. The van der Waals surface area contributed by atoms with Gasteiger partial charge in [-0.05, 0) is 74.5 Å². The summed E-state index contributed by atoms with van der Waals surface area (Å²) in [4.78, 5) is 23.1. The largest absolute Gasteiger partial charge is 0.354 e. The summed E-state index contributed by atoms with van der Waals surface area (Å²) in [5.74, 6) is -0.820. The highest BCUT2D eigenvalue weighted by Crippen LogP contribution is 2.33. The van der Waals surface area contributed by atoms with Gasteiger partial charge in [-0.1, -0.05) is 44.7 Å². The Kier molecular flexibility index (Phi) is 10.0. The molecule has 194 valence electrons. The number of carbonyl (C=O) groups is 1. The molecule has 0 radical (unpaired) electrons. The Morgan fingerprint density at radius 1 is 1.03 bits per heavy atom. The molecular weight excluding hydrogens is 472 g/mol. The van der Waals surface area contributed by atoms with Crippen LogP contribution in [-0.4, -0.2) is 47.5 Å². The number of nitrogens with zero attached hydrogens (tertiary/aromatic N) is 3. The van der Waals surface area contributed by atoms with Crippen LogP contribution in [0.4, 0.5) is 20.5 Å². The standard InChI is InChI=1S/C29H33F2N5O/c1-5-21-13-12-20(4)24(18-21)27-23(15-14-22-25(30)10-8-11-26(22)31)28(33-19-37)35-29(34-27)32-16-9-17-36(6-2)7-3/h5,8,10-15,18-19H,1,6-7,9,16-17H2,2-4H3,(H2,32,33,34,35,37)/b15-14-. The Morgan fingerprint density at radius 2 is 1.73 bits per heavy atom. The summed E-state index contributed by atoms with van der Waals surface area (Å²) in [5, 5.41) is 5.88. The molecule has 2 N–H and O–H groups in total. The van der Waals surface area contributed by atoms with Gasteiger partial charge in [0.05, 0.1) is 5.69 Å². The van der Waals surface area contributed by atoms with Crippen molar-refractivity contribution in [3.63, 3.8) is 0 Å². The molecule has 0 fully saturated rings. The zero-order chi connectivity index (χ0) is 26.8. The predicted molar refractivity (Wildman–Crippen MR) is 148 cm³/mol. The SMILES string of the molecule is C=Cc1ccc(C)c(-c2nc(NCCCN(CC)CC)nc(NC=O)c2/C=C\c2c(F)cccc2F)c1. The Morgan fingerprint density at radius 3 is 2.38 bits per heavy atom. The molecule has 1 heterocycles. The third-order valence-electron chi connectivity index (χ3n) is 6.14. The number of aryl methyl sites for hydroxylation is 1. The van der Waals surface area contributed by atoms with E-state index in [0.29, 0.717) is 30.2 Å². The van der Waals surface area contributed by atoms with Crippen LogP contribution >= 0.6 is 0 Å². The first-order valence-electron chi connectivity index (χ1n) is 12.4. The minimum absolute atomic E-state index is 0.194. The zero-order valence-electron chi connectivity index (χ0n) is 21.5. The molecule has 3 rings (SSSR count). The first-order valence-corrected chi connectivity index (χ1v) is 12.4. The average Bonchev–Trinajstić information content (AvgIpc) is 2.89. The quantitative estimate of drug-likeness (QED) is 0.212. The maximum absolute atomic E-state index is 14.3. The maximum Gasteiger partial charge on any atom is 0.225 e. The molecule has 6 nitrogen and oxygen atoms in total. The van der Waals surface area contributed by atoms with Crippen molar-refractivity contribution >= 4 is 36.4 Å². The molecule has 1 aromatic heterocycles. The lowest BCUT2D eigenvalue weighted by Crippen LogP contribution is -2.25. The van der Waals surface area contributed by atoms with Gasteiger partial charge < -0.3 is 15.5 Å². The molecule has 0 unspecified atom stereocenters. The van der Waals surface area contributed by atoms with Crippen LogP contribution in [0.15, 0.2) is 43.0 Å². The van der Waals surface area contributed by atoms with Crippen molar-refractivity contribution in [1.82, 2.24) is 14.9 Å². The highest BCUT2D eigenvalue weighted by molar-refractivity contribution is 5.89. The third kappa shape index (κ3) is 7.07. The van der Waals surface area contributed by atoms with Crippen LogP contribution in [0, 0.1) is 18.6 Å². The van der Waals surface area contributed by atoms with Crippen LogP contribution in [0.1, 0.15) is 42.5 Å². The molecule has 1 amide bonds. The molecular formula is C29H33F2N5O. The molecule has 8 heteroatoms. The Bertz CT molecular complexity index is 1250. The van der Waals surface area contributed by atoms with Gasteiger partial charge >= 0.3 is 0 Å². The van der Waals surface area contributed by atoms with E-state index in [-0.39, 0.29) is 11.4 Å². The molecule has 37 heavy (non-hydrogen) atoms. The Balaban J connectivity index is 2.10. The normalized spacial score (nSPS) is 11.2. The van der Waals surface area contributed by atoms with E-state index in [0.717, 1.165) is 42.7 Å². The maximum atomic E-state index is 14.3. The lowest BCUT2D eigenvalue weighted by atomic mass is 9.98. The molecule has 2 aromatic carbocycles. The Labute approximate surface area is 217 Å². The molecule has 0 bridgehead atoms. The highest BCUT2D eigenvalue weighted by Gasteiger charge is 2.17. The topological polar surface area (TPSA) is 70.2 Å². The van der Waals surface area contributed by atoms with Crippen molar-refractivity contribution in [3.05, 3.63) is 76.9 Å². The van der Waals surface area contributed by atoms with Crippen molar-refractivity contribution in [2.24, 2.45) is 0 Å². The van der Waals surface area contributed by atoms with Crippen LogP contribution in [0.3, 0.4) is 0 Å². The molecule has 3 aromatic rings. The fraction of sp³-hybridized carbons (Fsp3) is 0.276. The monoisotopic (exact) mass is 505 g/mol. The lowest BCUT2D eigenvalue weighted by Gasteiger charge is -2.18. The van der Waals surface area contributed by atoms with E-state index in [2.05, 4.69) is 40.9 Å². The number of halogens is 2. The summed E-state index contributed by atoms with van der Waals surface area (Å²) in [6.45, 7) is 13.6. The minimum atomic E-state index is -0.695. The van der Waals surface area contributed by atoms with Gasteiger partial charge in [-0.3, -0.25) is 4.79 Å². The van der Waals surface area contributed by atoms with Gasteiger partial charge in [-0.2, -0.15) is 4.98 Å². The smallest absolute Gasteiger partial charge is 0.225 e. The van der Waals surface area contributed by atoms with E-state index in [1.54, 1.807) is 6.08 Å². The molecule has 0 saturated carbocycles. The van der Waals surface area contributed by atoms with E-state index in [4.69, 9.17) is 4.98 Å². The summed E-state index contributed by atoms with van der Waals surface area (Å²) in [6, 6.07) is 9.50. The lowest BCUT2D eigenvalue weighted by molar-refractivity contribution is -0.105. The number of rotatable bonds is 13. The van der Waals surface area contributed by atoms with E-state index in [1.165, 1.54) is 30.4 Å². The van der Waals surface area contributed by atoms with Crippen molar-refractivity contribution in [1.29, 1.82) is 0 Å². The van der Waals surface area contributed by atoms with Gasteiger partial charge in [-0.25, -0.2) is 13.8 Å². The second-order valence-corrected chi connectivity index (χ2v) is 8.47. The zero-order valence-corrected chi connectivity index (χ0v) is 21.5. The van der Waals surface area contributed by atoms with E-state index in [1.807, 2.05) is 25.1 Å². The molecule has 0 saturated heterocycles. The number of anilines is 2. The summed E-state index contributed by atoms with van der Waals surface area (Å²) >= 11 is 0. The van der Waals surface area contributed by atoms with Crippen LogP contribution < -0.4 is 10.6 Å². The van der Waals surface area contributed by atoms with E-state index in [9.17, 15) is 13.6 Å². The molecule has 0 aliphatic heterocycles. The van der Waals surface area contributed by atoms with E-state index < -0.39 is 11.6 Å². The fourth-order valence-corrected chi connectivity index (χ4v) is 3.98. The van der Waals surface area contributed by atoms with Crippen LogP contribution in [0.2, 0.25) is 0 Å². The van der Waals surface area contributed by atoms with Crippen molar-refractivity contribution < 1.29 is 13.6 Å². The van der Waals surface area contributed by atoms with Crippen LogP contribution in [0.5, 0.6) is 0 Å².